The zero-order chi connectivity index (χ0) is 28.5. The first kappa shape index (κ1) is 31.9. The van der Waals surface area contributed by atoms with Gasteiger partial charge in [-0.2, -0.15) is 0 Å². The van der Waals surface area contributed by atoms with E-state index in [1.54, 1.807) is 6.07 Å². The molecule has 2 atom stereocenters. The third kappa shape index (κ3) is 9.19. The van der Waals surface area contributed by atoms with Gasteiger partial charge in [0.1, 0.15) is 11.5 Å². The number of amides is 1. The van der Waals surface area contributed by atoms with Crippen LogP contribution in [-0.4, -0.2) is 34.1 Å². The van der Waals surface area contributed by atoms with Gasteiger partial charge >= 0.3 is 18.9 Å². The molecule has 4 aromatic carbocycles. The quantitative estimate of drug-likeness (QED) is 0.267. The summed E-state index contributed by atoms with van der Waals surface area (Å²) < 4.78 is 17.4. The van der Waals surface area contributed by atoms with Crippen molar-refractivity contribution >= 4 is 22.7 Å². The van der Waals surface area contributed by atoms with Crippen molar-refractivity contribution in [2.75, 3.05) is 12.0 Å². The number of ether oxygens (including phenoxy) is 1. The molecule has 0 saturated heterocycles. The van der Waals surface area contributed by atoms with E-state index in [0.29, 0.717) is 5.56 Å². The van der Waals surface area contributed by atoms with Crippen LogP contribution < -0.4 is 34.0 Å². The Morgan fingerprint density at radius 3 is 2.10 bits per heavy atom. The van der Waals surface area contributed by atoms with Gasteiger partial charge in [0.05, 0.1) is 12.0 Å². The maximum Gasteiger partial charge on any atom is 1.00 e. The Morgan fingerprint density at radius 2 is 1.44 bits per heavy atom. The van der Waals surface area contributed by atoms with Crippen molar-refractivity contribution in [3.05, 3.63) is 119 Å². The molecule has 0 aromatic heterocycles. The Kier molecular flexibility index (Phi) is 12.0. The van der Waals surface area contributed by atoms with E-state index >= 15 is 0 Å². The number of carbonyl (C=O) groups excluding carboxylic acids is 2. The van der Waals surface area contributed by atoms with E-state index in [0.717, 1.165) is 52.2 Å². The van der Waals surface area contributed by atoms with Crippen LogP contribution >= 0.6 is 0 Å². The number of benzene rings is 4. The van der Waals surface area contributed by atoms with Gasteiger partial charge in [0.15, 0.2) is 0 Å². The minimum Gasteiger partial charge on any atom is -0.548 e. The molecule has 0 fully saturated rings. The molecule has 0 heterocycles. The number of aryl methyl sites for hydroxylation is 3. The van der Waals surface area contributed by atoms with Crippen LogP contribution in [0.2, 0.25) is 0 Å². The fourth-order valence-electron chi connectivity index (χ4n) is 4.45. The van der Waals surface area contributed by atoms with Gasteiger partial charge in [-0.15, -0.1) is 0 Å². The molecule has 0 radical (unpaired) electrons. The van der Waals surface area contributed by atoms with Gasteiger partial charge in [-0.1, -0.05) is 66.7 Å². The van der Waals surface area contributed by atoms with E-state index in [9.17, 15) is 18.9 Å². The van der Waals surface area contributed by atoms with Crippen LogP contribution in [0, 0.1) is 6.92 Å². The van der Waals surface area contributed by atoms with E-state index < -0.39 is 28.7 Å². The summed E-state index contributed by atoms with van der Waals surface area (Å²) in [5.74, 6) is -0.188. The average Bonchev–Trinajstić information content (AvgIpc) is 2.95. The first-order valence-electron chi connectivity index (χ1n) is 13.1. The van der Waals surface area contributed by atoms with Crippen LogP contribution in [-0.2, 0) is 28.4 Å². The van der Waals surface area contributed by atoms with E-state index in [1.165, 1.54) is 6.26 Å². The number of nitrogens with one attached hydrogen (secondary N) is 1. The zero-order valence-corrected chi connectivity index (χ0v) is 24.4. The summed E-state index contributed by atoms with van der Waals surface area (Å²) in [6, 6.07) is 29.8. The van der Waals surface area contributed by atoms with Crippen molar-refractivity contribution in [1.29, 1.82) is 0 Å². The fourth-order valence-corrected chi connectivity index (χ4v) is 5.02. The van der Waals surface area contributed by atoms with E-state index in [4.69, 9.17) is 4.74 Å². The smallest absolute Gasteiger partial charge is 0.548 e. The molecule has 6 nitrogen and oxygen atoms in total. The molecule has 1 amide bonds. The van der Waals surface area contributed by atoms with Gasteiger partial charge in [0.25, 0.3) is 5.91 Å². The average molecular weight is 562 g/mol. The molecule has 4 rings (SSSR count). The number of para-hydroxylation sites is 1. The first-order chi connectivity index (χ1) is 19.3. The van der Waals surface area contributed by atoms with Gasteiger partial charge in [-0.25, -0.2) is 0 Å². The van der Waals surface area contributed by atoms with Crippen molar-refractivity contribution in [2.24, 2.45) is 0 Å². The van der Waals surface area contributed by atoms with Crippen molar-refractivity contribution < 1.29 is 42.5 Å². The Balaban J connectivity index is 0.00000462. The predicted octanol–water partition coefficient (Wildman–Crippen LogP) is 1.86. The number of hydrogen-bond acceptors (Lipinski definition) is 5. The van der Waals surface area contributed by atoms with Crippen molar-refractivity contribution in [1.82, 2.24) is 5.32 Å². The van der Waals surface area contributed by atoms with Crippen molar-refractivity contribution in [3.8, 4) is 22.6 Å². The van der Waals surface area contributed by atoms with E-state index in [2.05, 4.69) is 5.32 Å². The van der Waals surface area contributed by atoms with Gasteiger partial charge in [-0.3, -0.25) is 9.00 Å². The Bertz CT molecular complexity index is 1490. The monoisotopic (exact) mass is 561 g/mol. The Labute approximate surface area is 255 Å². The predicted molar refractivity (Wildman–Crippen MR) is 157 cm³/mol. The zero-order valence-electron chi connectivity index (χ0n) is 23.6. The number of aliphatic carboxylic acids is 1. The second kappa shape index (κ2) is 15.4. The maximum absolute atomic E-state index is 13.3. The molecule has 0 spiro atoms. The molecule has 0 aliphatic rings. The topological polar surface area (TPSA) is 95.5 Å². The molecule has 4 aromatic rings. The van der Waals surface area contributed by atoms with Crippen LogP contribution in [0.5, 0.6) is 11.5 Å². The minimum atomic E-state index is -1.40. The van der Waals surface area contributed by atoms with Crippen LogP contribution in [0.15, 0.2) is 97.1 Å². The minimum absolute atomic E-state index is 0. The number of carboxylic acids is 1. The van der Waals surface area contributed by atoms with Crippen LogP contribution in [0.4, 0.5) is 0 Å². The SMILES string of the molecule is Cc1ccccc1-c1cc(CCc2ccc(Oc3ccccc3)cc2)ccc1C(=O)N[C@@H](CCS(C)=O)C(=O)[O-].[Li+]. The molecule has 0 saturated carbocycles. The summed E-state index contributed by atoms with van der Waals surface area (Å²) in [7, 11) is -1.18. The van der Waals surface area contributed by atoms with Gasteiger partial charge in [-0.05, 0) is 84.3 Å². The molecule has 1 N–H and O–H groups in total. The molecule has 0 aliphatic carbocycles. The molecular weight excluding hydrogens is 529 g/mol. The molecule has 8 heteroatoms. The standard InChI is InChI=1S/C33H33NO5S.Li/c1-23-8-6-7-11-28(23)30-22-25(16-19-29(30)32(35)34-31(33(36)37)20-21-40(2)38)13-12-24-14-17-27(18-15-24)39-26-9-4-3-5-10-26;/h3-11,14-19,22,31H,12-13,20-21H2,1-2H3,(H,34,35)(H,36,37);/q;+1/p-1/t31-,40?;/m0./s1. The van der Waals surface area contributed by atoms with E-state index in [1.807, 2.05) is 97.9 Å². The summed E-state index contributed by atoms with van der Waals surface area (Å²) in [4.78, 5) is 24.9. The van der Waals surface area contributed by atoms with Gasteiger partial charge in [0.2, 0.25) is 0 Å². The third-order valence-corrected chi connectivity index (χ3v) is 7.46. The second-order valence-electron chi connectivity index (χ2n) is 9.66. The van der Waals surface area contributed by atoms with Gasteiger partial charge < -0.3 is 20.0 Å². The number of rotatable bonds is 12. The second-order valence-corrected chi connectivity index (χ2v) is 11.2. The molecule has 0 bridgehead atoms. The summed E-state index contributed by atoms with van der Waals surface area (Å²) in [5.41, 5.74) is 5.22. The Hall–Kier alpha value is -3.63. The molecule has 0 aliphatic heterocycles. The van der Waals surface area contributed by atoms with E-state index in [-0.39, 0.29) is 31.0 Å². The number of hydrogen-bond donors (Lipinski definition) is 1. The first-order valence-corrected chi connectivity index (χ1v) is 14.9. The van der Waals surface area contributed by atoms with Crippen LogP contribution in [0.25, 0.3) is 11.1 Å². The molecule has 41 heavy (non-hydrogen) atoms. The largest absolute Gasteiger partial charge is 1.00 e. The molecule has 206 valence electrons. The van der Waals surface area contributed by atoms with Crippen LogP contribution in [0.3, 0.4) is 0 Å². The van der Waals surface area contributed by atoms with Crippen molar-refractivity contribution in [2.45, 2.75) is 32.2 Å². The number of carbonyl (C=O) groups is 2. The van der Waals surface area contributed by atoms with Gasteiger partial charge in [0, 0.05) is 28.4 Å². The third-order valence-electron chi connectivity index (χ3n) is 6.65. The van der Waals surface area contributed by atoms with Crippen molar-refractivity contribution in [3.63, 3.8) is 0 Å². The molecular formula is C33H32LiNO5S. The van der Waals surface area contributed by atoms with Crippen LogP contribution in [0.1, 0.15) is 33.5 Å². The maximum atomic E-state index is 13.3. The summed E-state index contributed by atoms with van der Waals surface area (Å²) in [5, 5.41) is 14.2. The summed E-state index contributed by atoms with van der Waals surface area (Å²) >= 11 is 0. The Morgan fingerprint density at radius 1 is 0.829 bits per heavy atom. The summed E-state index contributed by atoms with van der Waals surface area (Å²) in [6.45, 7) is 1.98. The normalized spacial score (nSPS) is 12.0. The fraction of sp³-hybridized carbons (Fsp3) is 0.212. The summed E-state index contributed by atoms with van der Waals surface area (Å²) in [6.07, 6.45) is 3.08. The number of carboxylic acid groups (broad SMARTS) is 1. The molecule has 1 unspecified atom stereocenters.